The molecule has 1 aliphatic heterocycles. The largest absolute Gasteiger partial charge is 0.324 e. The molecule has 0 aliphatic carbocycles. The molecule has 1 aromatic carbocycles. The number of fused-ring (bicyclic) bond motifs is 1. The summed E-state index contributed by atoms with van der Waals surface area (Å²) in [5.74, 6) is 4.30. The topological polar surface area (TPSA) is 17.8 Å². The van der Waals surface area contributed by atoms with E-state index in [9.17, 15) is 0 Å². The second kappa shape index (κ2) is 5.54. The number of aryl methyl sites for hydroxylation is 1. The first-order valence-corrected chi connectivity index (χ1v) is 8.18. The molecule has 18 heavy (non-hydrogen) atoms. The van der Waals surface area contributed by atoms with Gasteiger partial charge in [-0.05, 0) is 30.7 Å². The van der Waals surface area contributed by atoms with Crippen LogP contribution in [0.1, 0.15) is 24.7 Å². The molecule has 3 rings (SSSR count). The zero-order valence-electron chi connectivity index (χ0n) is 10.3. The summed E-state index contributed by atoms with van der Waals surface area (Å²) < 4.78 is 2.43. The summed E-state index contributed by atoms with van der Waals surface area (Å²) in [4.78, 5) is 4.75. The Morgan fingerprint density at radius 2 is 2.28 bits per heavy atom. The predicted molar refractivity (Wildman–Crippen MR) is 79.8 cm³/mol. The number of hydrogen-bond donors (Lipinski definition) is 0. The third-order valence-electron chi connectivity index (χ3n) is 3.49. The highest BCUT2D eigenvalue weighted by atomic mass is 35.5. The van der Waals surface area contributed by atoms with Crippen molar-refractivity contribution < 1.29 is 0 Å². The van der Waals surface area contributed by atoms with Gasteiger partial charge >= 0.3 is 0 Å². The molecule has 0 spiro atoms. The van der Waals surface area contributed by atoms with E-state index in [1.54, 1.807) is 0 Å². The van der Waals surface area contributed by atoms with Crippen LogP contribution in [0.5, 0.6) is 0 Å². The van der Waals surface area contributed by atoms with Crippen LogP contribution in [0.4, 0.5) is 0 Å². The lowest BCUT2D eigenvalue weighted by Crippen LogP contribution is -2.18. The molecule has 0 amide bonds. The van der Waals surface area contributed by atoms with Crippen molar-refractivity contribution in [1.82, 2.24) is 9.55 Å². The number of para-hydroxylation sites is 2. The van der Waals surface area contributed by atoms with Crippen molar-refractivity contribution >= 4 is 34.4 Å². The van der Waals surface area contributed by atoms with Gasteiger partial charge in [0.1, 0.15) is 5.82 Å². The van der Waals surface area contributed by atoms with E-state index in [0.717, 1.165) is 17.8 Å². The molecular weight excluding hydrogens is 264 g/mol. The summed E-state index contributed by atoms with van der Waals surface area (Å²) in [6, 6.07) is 9.02. The van der Waals surface area contributed by atoms with Crippen LogP contribution >= 0.6 is 23.4 Å². The van der Waals surface area contributed by atoms with Crippen molar-refractivity contribution in [2.75, 3.05) is 17.4 Å². The average Bonchev–Trinajstić information content (AvgIpc) is 2.78. The first-order chi connectivity index (χ1) is 8.90. The minimum Gasteiger partial charge on any atom is -0.324 e. The van der Waals surface area contributed by atoms with Gasteiger partial charge in [0.2, 0.25) is 0 Å². The third kappa shape index (κ3) is 2.26. The lowest BCUT2D eigenvalue weighted by atomic mass is 10.1. The Morgan fingerprint density at radius 3 is 3.06 bits per heavy atom. The number of rotatable bonds is 3. The van der Waals surface area contributed by atoms with Gasteiger partial charge in [-0.1, -0.05) is 12.1 Å². The molecule has 1 saturated heterocycles. The summed E-state index contributed by atoms with van der Waals surface area (Å²) in [6.07, 6.45) is 3.43. The SMILES string of the molecule is ClCCc1nc2ccccc2n1C1CCCSC1. The number of hydrogen-bond acceptors (Lipinski definition) is 2. The molecule has 2 nitrogen and oxygen atoms in total. The molecule has 0 saturated carbocycles. The monoisotopic (exact) mass is 280 g/mol. The molecule has 0 bridgehead atoms. The van der Waals surface area contributed by atoms with Crippen LogP contribution in [0.3, 0.4) is 0 Å². The summed E-state index contributed by atoms with van der Waals surface area (Å²) in [5.41, 5.74) is 2.37. The lowest BCUT2D eigenvalue weighted by Gasteiger charge is -2.25. The second-order valence-electron chi connectivity index (χ2n) is 4.70. The van der Waals surface area contributed by atoms with Gasteiger partial charge in [0.05, 0.1) is 11.0 Å². The second-order valence-corrected chi connectivity index (χ2v) is 6.22. The van der Waals surface area contributed by atoms with E-state index in [0.29, 0.717) is 11.9 Å². The zero-order chi connectivity index (χ0) is 12.4. The van der Waals surface area contributed by atoms with Crippen molar-refractivity contribution in [1.29, 1.82) is 0 Å². The number of benzene rings is 1. The third-order valence-corrected chi connectivity index (χ3v) is 4.88. The van der Waals surface area contributed by atoms with Crippen LogP contribution in [0, 0.1) is 0 Å². The fraction of sp³-hybridized carbons (Fsp3) is 0.500. The Bertz CT molecular complexity index is 532. The molecule has 1 atom stereocenters. The molecule has 2 aromatic rings. The van der Waals surface area contributed by atoms with Crippen molar-refractivity contribution in [2.45, 2.75) is 25.3 Å². The maximum Gasteiger partial charge on any atom is 0.111 e. The average molecular weight is 281 g/mol. The Balaban J connectivity index is 2.07. The summed E-state index contributed by atoms with van der Waals surface area (Å²) in [6.45, 7) is 0. The van der Waals surface area contributed by atoms with Crippen LogP contribution in [0.2, 0.25) is 0 Å². The molecule has 2 heterocycles. The molecule has 1 aliphatic rings. The quantitative estimate of drug-likeness (QED) is 0.794. The van der Waals surface area contributed by atoms with Gasteiger partial charge in [-0.2, -0.15) is 11.8 Å². The maximum absolute atomic E-state index is 5.92. The predicted octanol–water partition coefficient (Wildman–Crippen LogP) is 3.89. The lowest BCUT2D eigenvalue weighted by molar-refractivity contribution is 0.495. The van der Waals surface area contributed by atoms with Crippen molar-refractivity contribution in [2.24, 2.45) is 0 Å². The van der Waals surface area contributed by atoms with Gasteiger partial charge in [-0.15, -0.1) is 11.6 Å². The molecule has 0 radical (unpaired) electrons. The van der Waals surface area contributed by atoms with Crippen LogP contribution in [0.25, 0.3) is 11.0 Å². The highest BCUT2D eigenvalue weighted by Crippen LogP contribution is 2.31. The summed E-state index contributed by atoms with van der Waals surface area (Å²) in [5, 5.41) is 0. The molecular formula is C14H17ClN2S. The number of halogens is 1. The number of nitrogens with zero attached hydrogens (tertiary/aromatic N) is 2. The van der Waals surface area contributed by atoms with Crippen LogP contribution < -0.4 is 0 Å². The minimum absolute atomic E-state index is 0.592. The Morgan fingerprint density at radius 1 is 1.39 bits per heavy atom. The van der Waals surface area contributed by atoms with Gasteiger partial charge in [0, 0.05) is 24.1 Å². The molecule has 96 valence electrons. The normalized spacial score (nSPS) is 20.4. The fourth-order valence-electron chi connectivity index (χ4n) is 2.69. The highest BCUT2D eigenvalue weighted by Gasteiger charge is 2.21. The van der Waals surface area contributed by atoms with Gasteiger partial charge in [-0.3, -0.25) is 0 Å². The van der Waals surface area contributed by atoms with E-state index in [2.05, 4.69) is 40.6 Å². The smallest absolute Gasteiger partial charge is 0.111 e. The van der Waals surface area contributed by atoms with Crippen LogP contribution in [-0.4, -0.2) is 26.9 Å². The zero-order valence-corrected chi connectivity index (χ0v) is 11.9. The minimum atomic E-state index is 0.592. The fourth-order valence-corrected chi connectivity index (χ4v) is 3.98. The van der Waals surface area contributed by atoms with E-state index in [1.165, 1.54) is 29.9 Å². The Labute approximate surface area is 117 Å². The van der Waals surface area contributed by atoms with Crippen molar-refractivity contribution in [3.63, 3.8) is 0 Å². The van der Waals surface area contributed by atoms with E-state index < -0.39 is 0 Å². The van der Waals surface area contributed by atoms with E-state index in [-0.39, 0.29) is 0 Å². The molecule has 1 aromatic heterocycles. The van der Waals surface area contributed by atoms with E-state index in [4.69, 9.17) is 16.6 Å². The van der Waals surface area contributed by atoms with Crippen molar-refractivity contribution in [3.05, 3.63) is 30.1 Å². The number of imidazole rings is 1. The van der Waals surface area contributed by atoms with Crippen LogP contribution in [-0.2, 0) is 6.42 Å². The standard InChI is InChI=1S/C14H17ClN2S/c15-8-7-14-16-12-5-1-2-6-13(12)17(14)11-4-3-9-18-10-11/h1-2,5-6,11H,3-4,7-10H2. The van der Waals surface area contributed by atoms with Gasteiger partial charge in [-0.25, -0.2) is 4.98 Å². The van der Waals surface area contributed by atoms with Crippen LogP contribution in [0.15, 0.2) is 24.3 Å². The number of aromatic nitrogens is 2. The first kappa shape index (κ1) is 12.4. The van der Waals surface area contributed by atoms with Gasteiger partial charge < -0.3 is 4.57 Å². The van der Waals surface area contributed by atoms with Gasteiger partial charge in [0.15, 0.2) is 0 Å². The van der Waals surface area contributed by atoms with E-state index in [1.807, 2.05) is 0 Å². The van der Waals surface area contributed by atoms with Gasteiger partial charge in [0.25, 0.3) is 0 Å². The van der Waals surface area contributed by atoms with Crippen molar-refractivity contribution in [3.8, 4) is 0 Å². The van der Waals surface area contributed by atoms with E-state index >= 15 is 0 Å². The summed E-state index contributed by atoms with van der Waals surface area (Å²) >= 11 is 7.97. The molecule has 1 unspecified atom stereocenters. The Kier molecular flexibility index (Phi) is 3.80. The highest BCUT2D eigenvalue weighted by molar-refractivity contribution is 7.99. The maximum atomic E-state index is 5.92. The molecule has 4 heteroatoms. The number of alkyl halides is 1. The molecule has 1 fully saturated rings. The first-order valence-electron chi connectivity index (χ1n) is 6.49. The number of thioether (sulfide) groups is 1. The summed E-state index contributed by atoms with van der Waals surface area (Å²) in [7, 11) is 0. The molecule has 0 N–H and O–H groups in total. The Hall–Kier alpha value is -0.670.